The smallest absolute Gasteiger partial charge is 0.0964 e. The van der Waals surface area contributed by atoms with Gasteiger partial charge in [-0.05, 0) is 17.0 Å². The Balaban J connectivity index is 0.00000121. The van der Waals surface area contributed by atoms with Crippen LogP contribution < -0.4 is 4.98 Å². The van der Waals surface area contributed by atoms with Gasteiger partial charge in [0, 0.05) is 37.4 Å². The first kappa shape index (κ1) is 13.0. The van der Waals surface area contributed by atoms with Crippen molar-refractivity contribution in [1.82, 2.24) is 15.0 Å². The van der Waals surface area contributed by atoms with E-state index in [0.717, 1.165) is 33.1 Å². The zero-order valence-electron chi connectivity index (χ0n) is 10.8. The number of nitrogens with zero attached hydrogens (tertiary/aromatic N) is 3. The molecule has 0 bridgehead atoms. The fourth-order valence-electron chi connectivity index (χ4n) is 2.46. The molecule has 4 aromatic rings. The standard InChI is InChI=1S/C16H10N3.Zn/c1-3-11-7-8-18-15(11)12(4-1)13-5-2-6-14-16(13)19-10-9-17-14;/h1-10H;/q-1;. The Bertz CT molecular complexity index is 878. The summed E-state index contributed by atoms with van der Waals surface area (Å²) in [6, 6.07) is 14.3. The van der Waals surface area contributed by atoms with Crippen molar-refractivity contribution >= 4 is 21.9 Å². The first-order chi connectivity index (χ1) is 9.43. The van der Waals surface area contributed by atoms with Crippen LogP contribution >= 0.6 is 0 Å². The minimum atomic E-state index is 0. The molecule has 0 N–H and O–H groups in total. The van der Waals surface area contributed by atoms with Crippen molar-refractivity contribution in [3.63, 3.8) is 0 Å². The average Bonchev–Trinajstić information content (AvgIpc) is 2.95. The van der Waals surface area contributed by atoms with Gasteiger partial charge in [-0.15, -0.1) is 5.52 Å². The molecule has 3 nitrogen and oxygen atoms in total. The molecule has 92 valence electrons. The van der Waals surface area contributed by atoms with E-state index in [9.17, 15) is 0 Å². The molecule has 2 heterocycles. The van der Waals surface area contributed by atoms with Gasteiger partial charge < -0.3 is 4.98 Å². The molecule has 0 aliphatic heterocycles. The molecule has 2 aromatic carbocycles. The minimum absolute atomic E-state index is 0. The van der Waals surface area contributed by atoms with E-state index in [2.05, 4.69) is 39.2 Å². The fourth-order valence-corrected chi connectivity index (χ4v) is 2.46. The third kappa shape index (κ3) is 1.93. The fraction of sp³-hybridized carbons (Fsp3) is 0. The number of rotatable bonds is 1. The summed E-state index contributed by atoms with van der Waals surface area (Å²) in [5.41, 5.74) is 5.02. The zero-order chi connectivity index (χ0) is 12.7. The van der Waals surface area contributed by atoms with Crippen LogP contribution in [0.3, 0.4) is 0 Å². The molecule has 0 fully saturated rings. The Hall–Kier alpha value is -2.06. The average molecular weight is 310 g/mol. The van der Waals surface area contributed by atoms with Crippen LogP contribution in [-0.4, -0.2) is 9.97 Å². The quantitative estimate of drug-likeness (QED) is 0.506. The molecule has 20 heavy (non-hydrogen) atoms. The summed E-state index contributed by atoms with van der Waals surface area (Å²) >= 11 is 0. The molecule has 0 aliphatic rings. The summed E-state index contributed by atoms with van der Waals surface area (Å²) in [6.07, 6.45) is 5.28. The first-order valence-electron chi connectivity index (χ1n) is 6.14. The van der Waals surface area contributed by atoms with Gasteiger partial charge in [-0.25, -0.2) is 0 Å². The second kappa shape index (κ2) is 5.14. The monoisotopic (exact) mass is 308 g/mol. The summed E-state index contributed by atoms with van der Waals surface area (Å²) in [6.45, 7) is 0. The third-order valence-electron chi connectivity index (χ3n) is 3.31. The topological polar surface area (TPSA) is 39.9 Å². The van der Waals surface area contributed by atoms with Gasteiger partial charge in [-0.2, -0.15) is 6.20 Å². The van der Waals surface area contributed by atoms with E-state index < -0.39 is 0 Å². The van der Waals surface area contributed by atoms with Crippen LogP contribution in [0.4, 0.5) is 0 Å². The molecule has 4 rings (SSSR count). The summed E-state index contributed by atoms with van der Waals surface area (Å²) in [4.78, 5) is 13.3. The van der Waals surface area contributed by atoms with Crippen molar-refractivity contribution in [1.29, 1.82) is 0 Å². The summed E-state index contributed by atoms with van der Waals surface area (Å²) in [5.74, 6) is 0. The van der Waals surface area contributed by atoms with Crippen molar-refractivity contribution in [3.8, 4) is 11.1 Å². The van der Waals surface area contributed by atoms with E-state index in [4.69, 9.17) is 0 Å². The SMILES string of the molecule is [Zn].c1cc(-c2cccc3nccnc23)c2[n-]ccc2c1. The van der Waals surface area contributed by atoms with Crippen LogP contribution in [0.5, 0.6) is 0 Å². The van der Waals surface area contributed by atoms with E-state index in [-0.39, 0.29) is 19.5 Å². The molecule has 0 radical (unpaired) electrons. The van der Waals surface area contributed by atoms with Crippen LogP contribution in [0, 0.1) is 0 Å². The van der Waals surface area contributed by atoms with Crippen molar-refractivity contribution in [3.05, 3.63) is 61.1 Å². The molecule has 0 saturated heterocycles. The first-order valence-corrected chi connectivity index (χ1v) is 6.14. The number of aromatic nitrogens is 3. The third-order valence-corrected chi connectivity index (χ3v) is 3.31. The van der Waals surface area contributed by atoms with Gasteiger partial charge >= 0.3 is 0 Å². The molecule has 0 spiro atoms. The van der Waals surface area contributed by atoms with E-state index >= 15 is 0 Å². The number of para-hydroxylation sites is 2. The van der Waals surface area contributed by atoms with Crippen LogP contribution in [0.1, 0.15) is 0 Å². The Morgan fingerprint density at radius 3 is 2.55 bits per heavy atom. The van der Waals surface area contributed by atoms with E-state index in [1.54, 1.807) is 12.4 Å². The van der Waals surface area contributed by atoms with Crippen molar-refractivity contribution in [2.24, 2.45) is 0 Å². The minimum Gasteiger partial charge on any atom is -0.663 e. The van der Waals surface area contributed by atoms with Gasteiger partial charge in [-0.1, -0.05) is 36.4 Å². The van der Waals surface area contributed by atoms with Gasteiger partial charge in [0.15, 0.2) is 0 Å². The number of fused-ring (bicyclic) bond motifs is 2. The van der Waals surface area contributed by atoms with Gasteiger partial charge in [0.2, 0.25) is 0 Å². The normalized spacial score (nSPS) is 10.6. The van der Waals surface area contributed by atoms with E-state index in [1.165, 1.54) is 0 Å². The largest absolute Gasteiger partial charge is 0.663 e. The molecular formula is C16H10N3Zn-. The molecule has 0 saturated carbocycles. The van der Waals surface area contributed by atoms with Gasteiger partial charge in [0.1, 0.15) is 0 Å². The second-order valence-electron chi connectivity index (χ2n) is 4.42. The van der Waals surface area contributed by atoms with Crippen molar-refractivity contribution < 1.29 is 19.5 Å². The summed E-state index contributed by atoms with van der Waals surface area (Å²) < 4.78 is 0. The number of hydrogen-bond donors (Lipinski definition) is 0. The van der Waals surface area contributed by atoms with Crippen LogP contribution in [0.25, 0.3) is 33.1 Å². The Labute approximate surface area is 128 Å². The maximum absolute atomic E-state index is 4.46. The Morgan fingerprint density at radius 2 is 1.60 bits per heavy atom. The van der Waals surface area contributed by atoms with Crippen LogP contribution in [0.15, 0.2) is 61.1 Å². The maximum Gasteiger partial charge on any atom is 0.0964 e. The van der Waals surface area contributed by atoms with Crippen molar-refractivity contribution in [2.75, 3.05) is 0 Å². The van der Waals surface area contributed by atoms with E-state index in [1.807, 2.05) is 24.4 Å². The van der Waals surface area contributed by atoms with Gasteiger partial charge in [0.05, 0.1) is 11.0 Å². The summed E-state index contributed by atoms with van der Waals surface area (Å²) in [5, 5.41) is 1.15. The number of benzene rings is 2. The predicted molar refractivity (Wildman–Crippen MR) is 75.8 cm³/mol. The second-order valence-corrected chi connectivity index (χ2v) is 4.42. The zero-order valence-corrected chi connectivity index (χ0v) is 13.8. The Morgan fingerprint density at radius 1 is 0.800 bits per heavy atom. The van der Waals surface area contributed by atoms with Crippen LogP contribution in [0.2, 0.25) is 0 Å². The predicted octanol–water partition coefficient (Wildman–Crippen LogP) is 3.40. The molecular weight excluding hydrogens is 300 g/mol. The molecule has 2 aromatic heterocycles. The maximum atomic E-state index is 4.46. The van der Waals surface area contributed by atoms with Gasteiger partial charge in [-0.3, -0.25) is 9.97 Å². The molecule has 0 unspecified atom stereocenters. The molecule has 4 heteroatoms. The van der Waals surface area contributed by atoms with Crippen molar-refractivity contribution in [2.45, 2.75) is 0 Å². The molecule has 0 amide bonds. The molecule has 0 aliphatic carbocycles. The number of hydrogen-bond acceptors (Lipinski definition) is 2. The van der Waals surface area contributed by atoms with Crippen LogP contribution in [-0.2, 0) is 19.5 Å². The summed E-state index contributed by atoms with van der Waals surface area (Å²) in [7, 11) is 0. The Kier molecular flexibility index (Phi) is 3.33. The van der Waals surface area contributed by atoms with Gasteiger partial charge in [0.25, 0.3) is 0 Å². The van der Waals surface area contributed by atoms with E-state index in [0.29, 0.717) is 0 Å². The molecule has 0 atom stereocenters.